The summed E-state index contributed by atoms with van der Waals surface area (Å²) in [6.45, 7) is 5.84. The molecule has 2 aromatic carbocycles. The molecule has 1 N–H and O–H groups in total. The second-order valence-electron chi connectivity index (χ2n) is 7.20. The van der Waals surface area contributed by atoms with Crippen LogP contribution < -0.4 is 10.2 Å². The summed E-state index contributed by atoms with van der Waals surface area (Å²) < 4.78 is 5.13. The van der Waals surface area contributed by atoms with E-state index < -0.39 is 17.8 Å². The van der Waals surface area contributed by atoms with Gasteiger partial charge in [0, 0.05) is 24.3 Å². The van der Waals surface area contributed by atoms with Gasteiger partial charge in [-0.3, -0.25) is 14.4 Å². The van der Waals surface area contributed by atoms with Gasteiger partial charge in [-0.15, -0.1) is 0 Å². The van der Waals surface area contributed by atoms with Crippen LogP contribution in [0.15, 0.2) is 42.5 Å². The highest BCUT2D eigenvalue weighted by Gasteiger charge is 2.36. The van der Waals surface area contributed by atoms with Crippen LogP contribution >= 0.6 is 0 Å². The number of hydrogen-bond acceptors (Lipinski definition) is 4. The number of anilines is 2. The number of carbonyl (C=O) groups is 3. The van der Waals surface area contributed by atoms with Gasteiger partial charge < -0.3 is 15.0 Å². The van der Waals surface area contributed by atoms with Gasteiger partial charge in [-0.2, -0.15) is 0 Å². The normalized spacial score (nSPS) is 16.2. The first kappa shape index (κ1) is 19.6. The van der Waals surface area contributed by atoms with Crippen molar-refractivity contribution in [2.24, 2.45) is 5.92 Å². The molecule has 0 bridgehead atoms. The molecule has 0 saturated carbocycles. The van der Waals surface area contributed by atoms with Crippen molar-refractivity contribution in [3.05, 3.63) is 59.2 Å². The lowest BCUT2D eigenvalue weighted by molar-refractivity contribution is -0.151. The quantitative estimate of drug-likeness (QED) is 0.809. The third-order valence-electron chi connectivity index (χ3n) is 4.94. The van der Waals surface area contributed by atoms with Crippen molar-refractivity contribution >= 4 is 29.2 Å². The van der Waals surface area contributed by atoms with Gasteiger partial charge in [0.05, 0.1) is 5.92 Å². The third-order valence-corrected chi connectivity index (χ3v) is 4.94. The Morgan fingerprint density at radius 2 is 1.79 bits per heavy atom. The van der Waals surface area contributed by atoms with Crippen molar-refractivity contribution < 1.29 is 19.1 Å². The van der Waals surface area contributed by atoms with Crippen LogP contribution in [0.25, 0.3) is 0 Å². The number of hydrogen-bond donors (Lipinski definition) is 1. The first-order chi connectivity index (χ1) is 13.3. The number of aryl methyl sites for hydroxylation is 3. The lowest BCUT2D eigenvalue weighted by Gasteiger charge is -2.17. The fourth-order valence-corrected chi connectivity index (χ4v) is 3.10. The minimum Gasteiger partial charge on any atom is -0.455 e. The molecular weight excluding hydrogens is 356 g/mol. The molecule has 1 aliphatic rings. The molecule has 0 radical (unpaired) electrons. The Morgan fingerprint density at radius 1 is 1.07 bits per heavy atom. The van der Waals surface area contributed by atoms with Crippen LogP contribution in [0.5, 0.6) is 0 Å². The fourth-order valence-electron chi connectivity index (χ4n) is 3.10. The summed E-state index contributed by atoms with van der Waals surface area (Å²) in [5.41, 5.74) is 4.74. The minimum atomic E-state index is -0.568. The van der Waals surface area contributed by atoms with Crippen molar-refractivity contribution in [3.8, 4) is 0 Å². The molecule has 0 aliphatic carbocycles. The van der Waals surface area contributed by atoms with E-state index in [0.717, 1.165) is 22.4 Å². The molecule has 1 heterocycles. The van der Waals surface area contributed by atoms with Crippen LogP contribution in [0.4, 0.5) is 11.4 Å². The molecule has 6 nitrogen and oxygen atoms in total. The van der Waals surface area contributed by atoms with Crippen LogP contribution in [0.3, 0.4) is 0 Å². The van der Waals surface area contributed by atoms with E-state index in [1.165, 1.54) is 0 Å². The zero-order valence-corrected chi connectivity index (χ0v) is 16.3. The number of nitrogens with one attached hydrogen (secondary N) is 1. The number of esters is 1. The molecule has 1 atom stereocenters. The third kappa shape index (κ3) is 4.57. The fraction of sp³-hybridized carbons (Fsp3) is 0.318. The van der Waals surface area contributed by atoms with Crippen molar-refractivity contribution in [1.82, 2.24) is 0 Å². The van der Waals surface area contributed by atoms with E-state index in [2.05, 4.69) is 5.32 Å². The molecule has 0 spiro atoms. The predicted molar refractivity (Wildman–Crippen MR) is 107 cm³/mol. The van der Waals surface area contributed by atoms with E-state index in [-0.39, 0.29) is 25.5 Å². The summed E-state index contributed by atoms with van der Waals surface area (Å²) in [6, 6.07) is 13.1. The molecule has 0 aromatic heterocycles. The number of rotatable bonds is 5. The smallest absolute Gasteiger partial charge is 0.311 e. The average molecular weight is 380 g/mol. The Bertz CT molecular complexity index is 905. The van der Waals surface area contributed by atoms with Crippen LogP contribution in [0, 0.1) is 26.7 Å². The molecule has 28 heavy (non-hydrogen) atoms. The molecule has 0 unspecified atom stereocenters. The van der Waals surface area contributed by atoms with Gasteiger partial charge in [0.15, 0.2) is 6.61 Å². The predicted octanol–water partition coefficient (Wildman–Crippen LogP) is 3.15. The molecule has 146 valence electrons. The minimum absolute atomic E-state index is 0.0886. The Hall–Kier alpha value is -3.15. The van der Waals surface area contributed by atoms with E-state index in [1.807, 2.05) is 51.1 Å². The summed E-state index contributed by atoms with van der Waals surface area (Å²) >= 11 is 0. The number of benzene rings is 2. The van der Waals surface area contributed by atoms with Crippen LogP contribution in [0.1, 0.15) is 23.1 Å². The topological polar surface area (TPSA) is 75.7 Å². The monoisotopic (exact) mass is 380 g/mol. The Labute approximate surface area is 164 Å². The zero-order chi connectivity index (χ0) is 20.3. The van der Waals surface area contributed by atoms with Gasteiger partial charge in [-0.05, 0) is 56.2 Å². The molecular formula is C22H24N2O4. The SMILES string of the molecule is Cc1ccc(NC(=O)COC(=O)[C@H]2CC(=O)N(c3ccc(C)c(C)c3)C2)cc1. The van der Waals surface area contributed by atoms with Crippen molar-refractivity contribution in [2.45, 2.75) is 27.2 Å². The summed E-state index contributed by atoms with van der Waals surface area (Å²) in [4.78, 5) is 38.2. The number of amides is 2. The van der Waals surface area contributed by atoms with Gasteiger partial charge in [-0.25, -0.2) is 0 Å². The van der Waals surface area contributed by atoms with E-state index >= 15 is 0 Å². The van der Waals surface area contributed by atoms with Crippen molar-refractivity contribution in [3.63, 3.8) is 0 Å². The maximum absolute atomic E-state index is 12.3. The molecule has 2 amide bonds. The Balaban J connectivity index is 1.53. The first-order valence-electron chi connectivity index (χ1n) is 9.24. The summed E-state index contributed by atoms with van der Waals surface area (Å²) in [6.07, 6.45) is 0.0886. The van der Waals surface area contributed by atoms with E-state index in [1.54, 1.807) is 17.0 Å². The number of carbonyl (C=O) groups excluding carboxylic acids is 3. The highest BCUT2D eigenvalue weighted by molar-refractivity contribution is 6.00. The lowest BCUT2D eigenvalue weighted by Crippen LogP contribution is -2.28. The second-order valence-corrected chi connectivity index (χ2v) is 7.20. The summed E-state index contributed by atoms with van der Waals surface area (Å²) in [7, 11) is 0. The van der Waals surface area contributed by atoms with Gasteiger partial charge in [0.1, 0.15) is 0 Å². The number of nitrogens with zero attached hydrogens (tertiary/aromatic N) is 1. The number of ether oxygens (including phenoxy) is 1. The highest BCUT2D eigenvalue weighted by atomic mass is 16.5. The molecule has 2 aromatic rings. The Kier molecular flexibility index (Phi) is 5.78. The average Bonchev–Trinajstić information content (AvgIpc) is 3.06. The maximum Gasteiger partial charge on any atom is 0.311 e. The highest BCUT2D eigenvalue weighted by Crippen LogP contribution is 2.27. The van der Waals surface area contributed by atoms with Crippen molar-refractivity contribution in [2.75, 3.05) is 23.4 Å². The van der Waals surface area contributed by atoms with Gasteiger partial charge >= 0.3 is 5.97 Å². The zero-order valence-electron chi connectivity index (χ0n) is 16.3. The van der Waals surface area contributed by atoms with Gasteiger partial charge in [-0.1, -0.05) is 23.8 Å². The molecule has 3 rings (SSSR count). The van der Waals surface area contributed by atoms with Crippen LogP contribution in [-0.2, 0) is 19.1 Å². The molecule has 6 heteroatoms. The molecule has 1 fully saturated rings. The largest absolute Gasteiger partial charge is 0.455 e. The van der Waals surface area contributed by atoms with Gasteiger partial charge in [0.2, 0.25) is 5.91 Å². The van der Waals surface area contributed by atoms with Crippen LogP contribution in [0.2, 0.25) is 0 Å². The molecule has 1 saturated heterocycles. The standard InChI is InChI=1S/C22H24N2O4/c1-14-4-7-18(8-5-14)23-20(25)13-28-22(27)17-11-21(26)24(12-17)19-9-6-15(2)16(3)10-19/h4-10,17H,11-13H2,1-3H3,(H,23,25)/t17-/m0/s1. The molecule has 1 aliphatic heterocycles. The van der Waals surface area contributed by atoms with Crippen molar-refractivity contribution in [1.29, 1.82) is 0 Å². The van der Waals surface area contributed by atoms with Gasteiger partial charge in [0.25, 0.3) is 5.91 Å². The van der Waals surface area contributed by atoms with Crippen LogP contribution in [-0.4, -0.2) is 30.9 Å². The second kappa shape index (κ2) is 8.25. The summed E-state index contributed by atoms with van der Waals surface area (Å²) in [5, 5.41) is 2.68. The lowest BCUT2D eigenvalue weighted by atomic mass is 10.1. The maximum atomic E-state index is 12.3. The first-order valence-corrected chi connectivity index (χ1v) is 9.24. The van der Waals surface area contributed by atoms with E-state index in [0.29, 0.717) is 5.69 Å². The summed E-state index contributed by atoms with van der Waals surface area (Å²) in [5.74, 6) is -1.62. The van der Waals surface area contributed by atoms with E-state index in [9.17, 15) is 14.4 Å². The van der Waals surface area contributed by atoms with E-state index in [4.69, 9.17) is 4.74 Å². The Morgan fingerprint density at radius 3 is 2.46 bits per heavy atom.